The van der Waals surface area contributed by atoms with Gasteiger partial charge in [-0.05, 0) is 56.4 Å². The zero-order valence-corrected chi connectivity index (χ0v) is 23.0. The molecule has 12 nitrogen and oxygen atoms in total. The number of nitrogens with zero attached hydrogens (tertiary/aromatic N) is 4. The van der Waals surface area contributed by atoms with Crippen LogP contribution in [0.1, 0.15) is 38.2 Å². The Hall–Kier alpha value is -3.03. The summed E-state index contributed by atoms with van der Waals surface area (Å²) in [7, 11) is 0. The zero-order chi connectivity index (χ0) is 27.3. The van der Waals surface area contributed by atoms with E-state index in [1.807, 2.05) is 24.3 Å². The van der Waals surface area contributed by atoms with Gasteiger partial charge in [0.05, 0.1) is 12.3 Å². The van der Waals surface area contributed by atoms with Crippen molar-refractivity contribution in [3.8, 4) is 5.69 Å². The van der Waals surface area contributed by atoms with Gasteiger partial charge >= 0.3 is 11.7 Å². The van der Waals surface area contributed by atoms with Crippen molar-refractivity contribution in [2.45, 2.75) is 56.8 Å². The number of nitrogens with one attached hydrogen (secondary N) is 2. The number of aromatic nitrogens is 2. The zero-order valence-electron chi connectivity index (χ0n) is 22.2. The van der Waals surface area contributed by atoms with Gasteiger partial charge in [-0.1, -0.05) is 12.1 Å². The van der Waals surface area contributed by atoms with Crippen LogP contribution in [0.4, 0.5) is 10.6 Å². The minimum absolute atomic E-state index is 0. The van der Waals surface area contributed by atoms with E-state index in [2.05, 4.69) is 15.6 Å². The van der Waals surface area contributed by atoms with Crippen LogP contribution >= 0.6 is 12.4 Å². The van der Waals surface area contributed by atoms with Gasteiger partial charge in [-0.3, -0.25) is 14.7 Å². The Balaban J connectivity index is 0.00000420. The Morgan fingerprint density at radius 1 is 1.05 bits per heavy atom. The van der Waals surface area contributed by atoms with Crippen LogP contribution in [0.15, 0.2) is 41.3 Å². The molecule has 0 unspecified atom stereocenters. The fourth-order valence-electron chi connectivity index (χ4n) is 4.76. The third kappa shape index (κ3) is 7.76. The third-order valence-corrected chi connectivity index (χ3v) is 7.29. The van der Waals surface area contributed by atoms with Gasteiger partial charge in [-0.15, -0.1) is 12.4 Å². The van der Waals surface area contributed by atoms with E-state index < -0.39 is 23.9 Å². The molecule has 1 atom stereocenters. The fourth-order valence-corrected chi connectivity index (χ4v) is 4.76. The normalized spacial score (nSPS) is 21.0. The largest absolute Gasteiger partial charge is 0.394 e. The predicted octanol–water partition coefficient (Wildman–Crippen LogP) is 0.400. The van der Waals surface area contributed by atoms with Crippen molar-refractivity contribution in [1.82, 2.24) is 24.7 Å². The van der Waals surface area contributed by atoms with Crippen molar-refractivity contribution in [3.63, 3.8) is 0 Å². The van der Waals surface area contributed by atoms with Crippen LogP contribution in [0, 0.1) is 0 Å². The molecule has 1 aliphatic heterocycles. The molecule has 13 heteroatoms. The molecule has 39 heavy (non-hydrogen) atoms. The number of rotatable bonds is 7. The summed E-state index contributed by atoms with van der Waals surface area (Å²) in [6, 6.07) is 9.70. The van der Waals surface area contributed by atoms with Crippen molar-refractivity contribution in [2.24, 2.45) is 11.5 Å². The molecule has 4 rings (SSSR count). The molecule has 0 bridgehead atoms. The number of piperazine rings is 1. The van der Waals surface area contributed by atoms with Crippen LogP contribution < -0.4 is 27.8 Å². The molecule has 1 aliphatic carbocycles. The summed E-state index contributed by atoms with van der Waals surface area (Å²) in [6.45, 7) is 2.97. The van der Waals surface area contributed by atoms with E-state index in [1.54, 1.807) is 12.3 Å². The molecule has 0 radical (unpaired) electrons. The summed E-state index contributed by atoms with van der Waals surface area (Å²) in [5, 5.41) is 15.6. The Morgan fingerprint density at radius 2 is 1.67 bits per heavy atom. The Labute approximate surface area is 234 Å². The van der Waals surface area contributed by atoms with Gasteiger partial charge < -0.3 is 31.7 Å². The number of nitrogens with two attached hydrogens (primary N) is 2. The molecule has 1 aromatic carbocycles. The number of urea groups is 1. The quantitative estimate of drug-likeness (QED) is 0.322. The number of anilines is 1. The third-order valence-electron chi connectivity index (χ3n) is 7.29. The smallest absolute Gasteiger partial charge is 0.354 e. The van der Waals surface area contributed by atoms with E-state index in [0.717, 1.165) is 37.8 Å². The van der Waals surface area contributed by atoms with Gasteiger partial charge in [-0.2, -0.15) is 4.98 Å². The fraction of sp³-hybridized carbons (Fsp3) is 0.538. The minimum Gasteiger partial charge on any atom is -0.394 e. The van der Waals surface area contributed by atoms with Gasteiger partial charge in [0.1, 0.15) is 11.4 Å². The van der Waals surface area contributed by atoms with Crippen LogP contribution in [-0.4, -0.2) is 86.8 Å². The van der Waals surface area contributed by atoms with Crippen molar-refractivity contribution < 1.29 is 14.7 Å². The number of amides is 3. The summed E-state index contributed by atoms with van der Waals surface area (Å²) in [5.74, 6) is -0.207. The molecule has 2 heterocycles. The lowest BCUT2D eigenvalue weighted by Gasteiger charge is -2.37. The standard InChI is InChI=1S/C26H38N8O4.ClH/c1-26(28,17-35)23(36)32-12-14-33(15-13-32)24(37)30-22-10-11-34(25(38)31-22)21-8-2-18(3-9-21)16-29-20-6-4-19(27)5-7-20;/h2-3,8-11,19-20,29,35H,4-7,12-17,27-28H2,1H3,(H,30,31,37,38);1H/t19?,20?,26-;/m0./s1. The van der Waals surface area contributed by atoms with Crippen molar-refractivity contribution >= 4 is 30.2 Å². The van der Waals surface area contributed by atoms with E-state index in [9.17, 15) is 19.5 Å². The molecular weight excluding hydrogens is 524 g/mol. The lowest BCUT2D eigenvalue weighted by molar-refractivity contribution is -0.139. The highest BCUT2D eigenvalue weighted by Crippen LogP contribution is 2.18. The maximum Gasteiger partial charge on any atom is 0.354 e. The van der Waals surface area contributed by atoms with Crippen molar-refractivity contribution in [2.75, 3.05) is 38.1 Å². The van der Waals surface area contributed by atoms with Crippen LogP contribution in [0.2, 0.25) is 0 Å². The first-order valence-electron chi connectivity index (χ1n) is 13.1. The highest BCUT2D eigenvalue weighted by Gasteiger charge is 2.34. The molecule has 214 valence electrons. The van der Waals surface area contributed by atoms with E-state index >= 15 is 0 Å². The summed E-state index contributed by atoms with van der Waals surface area (Å²) in [6.07, 6.45) is 5.88. The molecule has 2 aliphatic rings. The lowest BCUT2D eigenvalue weighted by Crippen LogP contribution is -2.60. The highest BCUT2D eigenvalue weighted by atomic mass is 35.5. The molecular formula is C26H39ClN8O4. The van der Waals surface area contributed by atoms with Crippen molar-refractivity contribution in [3.05, 3.63) is 52.6 Å². The van der Waals surface area contributed by atoms with Crippen LogP contribution in [-0.2, 0) is 11.3 Å². The number of carbonyl (C=O) groups excluding carboxylic acids is 2. The molecule has 2 aromatic rings. The van der Waals surface area contributed by atoms with E-state index in [0.29, 0.717) is 44.0 Å². The van der Waals surface area contributed by atoms with Gasteiger partial charge in [-0.25, -0.2) is 9.59 Å². The van der Waals surface area contributed by atoms with Gasteiger partial charge in [0.15, 0.2) is 0 Å². The SMILES string of the molecule is C[C@](N)(CO)C(=O)N1CCN(C(=O)Nc2ccn(-c3ccc(CNC4CCC(N)CC4)cc3)c(=O)n2)CC1.Cl. The summed E-state index contributed by atoms with van der Waals surface area (Å²) in [4.78, 5) is 44.8. The molecule has 3 amide bonds. The molecule has 1 aromatic heterocycles. The second-order valence-corrected chi connectivity index (χ2v) is 10.4. The molecule has 1 saturated heterocycles. The Bertz CT molecular complexity index is 1170. The lowest BCUT2D eigenvalue weighted by atomic mass is 9.92. The minimum atomic E-state index is -1.35. The second kappa shape index (κ2) is 13.4. The number of halogens is 1. The highest BCUT2D eigenvalue weighted by molar-refractivity contribution is 5.89. The topological polar surface area (TPSA) is 172 Å². The average molecular weight is 563 g/mol. The average Bonchev–Trinajstić information content (AvgIpc) is 2.93. The number of carbonyl (C=O) groups is 2. The maximum atomic E-state index is 12.7. The van der Waals surface area contributed by atoms with Gasteiger partial charge in [0, 0.05) is 51.0 Å². The van der Waals surface area contributed by atoms with Gasteiger partial charge in [0.2, 0.25) is 5.91 Å². The van der Waals surface area contributed by atoms with Gasteiger partial charge in [0.25, 0.3) is 0 Å². The van der Waals surface area contributed by atoms with E-state index in [4.69, 9.17) is 11.5 Å². The number of aliphatic hydroxyl groups excluding tert-OH is 1. The van der Waals surface area contributed by atoms with E-state index in [1.165, 1.54) is 21.3 Å². The van der Waals surface area contributed by atoms with Crippen molar-refractivity contribution in [1.29, 1.82) is 0 Å². The number of hydrogen-bond acceptors (Lipinski definition) is 8. The van der Waals surface area contributed by atoms with Crippen LogP contribution in [0.3, 0.4) is 0 Å². The first kappa shape index (κ1) is 30.5. The van der Waals surface area contributed by atoms with Crippen LogP contribution in [0.25, 0.3) is 5.69 Å². The molecule has 0 spiro atoms. The molecule has 1 saturated carbocycles. The maximum absolute atomic E-state index is 12.7. The number of aliphatic hydroxyl groups is 1. The Morgan fingerprint density at radius 3 is 2.26 bits per heavy atom. The number of hydrogen-bond donors (Lipinski definition) is 5. The first-order valence-corrected chi connectivity index (χ1v) is 13.1. The van der Waals surface area contributed by atoms with Crippen LogP contribution in [0.5, 0.6) is 0 Å². The molecule has 2 fully saturated rings. The monoisotopic (exact) mass is 562 g/mol. The summed E-state index contributed by atoms with van der Waals surface area (Å²) < 4.78 is 1.42. The molecule has 7 N–H and O–H groups in total. The Kier molecular flexibility index (Phi) is 10.4. The second-order valence-electron chi connectivity index (χ2n) is 10.4. The summed E-state index contributed by atoms with van der Waals surface area (Å²) in [5.41, 5.74) is 11.8. The first-order chi connectivity index (χ1) is 18.2. The number of benzene rings is 1. The summed E-state index contributed by atoms with van der Waals surface area (Å²) >= 11 is 0. The predicted molar refractivity (Wildman–Crippen MR) is 151 cm³/mol. The van der Waals surface area contributed by atoms with E-state index in [-0.39, 0.29) is 24.1 Å².